The lowest BCUT2D eigenvalue weighted by Gasteiger charge is -2.13. The lowest BCUT2D eigenvalue weighted by Crippen LogP contribution is -2.19. The number of carbonyl (C=O) groups is 1. The predicted octanol–water partition coefficient (Wildman–Crippen LogP) is 5.51. The van der Waals surface area contributed by atoms with Crippen molar-refractivity contribution in [1.82, 2.24) is 9.55 Å². The number of imidazole rings is 1. The van der Waals surface area contributed by atoms with Crippen molar-refractivity contribution in [1.29, 1.82) is 0 Å². The van der Waals surface area contributed by atoms with E-state index in [0.717, 1.165) is 33.9 Å². The molecule has 0 N–H and O–H groups in total. The van der Waals surface area contributed by atoms with E-state index < -0.39 is 0 Å². The van der Waals surface area contributed by atoms with Crippen LogP contribution in [0.3, 0.4) is 0 Å². The Kier molecular flexibility index (Phi) is 7.45. The Labute approximate surface area is 180 Å². The molecule has 154 valence electrons. The molecule has 0 aliphatic rings. The van der Waals surface area contributed by atoms with Crippen LogP contribution in [-0.4, -0.2) is 34.0 Å². The number of thioether (sulfide) groups is 1. The van der Waals surface area contributed by atoms with Crippen molar-refractivity contribution in [2.45, 2.75) is 45.0 Å². The summed E-state index contributed by atoms with van der Waals surface area (Å²) < 4.78 is 13.2. The molecular formula is C22H25ClN2O3S. The molecule has 0 bridgehead atoms. The molecular weight excluding hydrogens is 408 g/mol. The lowest BCUT2D eigenvalue weighted by atomic mass is 10.2. The van der Waals surface area contributed by atoms with E-state index in [-0.39, 0.29) is 18.6 Å². The third kappa shape index (κ3) is 5.67. The summed E-state index contributed by atoms with van der Waals surface area (Å²) in [7, 11) is 0. The fourth-order valence-electron chi connectivity index (χ4n) is 2.83. The zero-order chi connectivity index (χ0) is 20.8. The molecule has 0 amide bonds. The summed E-state index contributed by atoms with van der Waals surface area (Å²) in [5.41, 5.74) is 2.92. The topological polar surface area (TPSA) is 53.4 Å². The van der Waals surface area contributed by atoms with Crippen LogP contribution in [0.25, 0.3) is 11.0 Å². The van der Waals surface area contributed by atoms with E-state index in [1.54, 1.807) is 23.9 Å². The molecule has 0 saturated heterocycles. The van der Waals surface area contributed by atoms with E-state index in [4.69, 9.17) is 26.1 Å². The number of benzene rings is 2. The molecule has 7 heteroatoms. The third-order valence-corrected chi connectivity index (χ3v) is 5.73. The molecule has 5 nitrogen and oxygen atoms in total. The standard InChI is InChI=1S/C22H25ClN2O3S/c1-4-16(3)28-20(26)14-25-19-7-5-6-15(2)21(19)24-22(25)29-13-12-27-18-10-8-17(23)9-11-18/h5-11,16H,4,12-14H2,1-3H3. The molecule has 1 atom stereocenters. The van der Waals surface area contributed by atoms with Gasteiger partial charge in [0.15, 0.2) is 5.16 Å². The van der Waals surface area contributed by atoms with Gasteiger partial charge in [-0.1, -0.05) is 42.4 Å². The van der Waals surface area contributed by atoms with Crippen LogP contribution >= 0.6 is 23.4 Å². The number of rotatable bonds is 9. The molecule has 1 aromatic heterocycles. The molecule has 0 spiro atoms. The fourth-order valence-corrected chi connectivity index (χ4v) is 3.78. The van der Waals surface area contributed by atoms with Crippen LogP contribution in [0, 0.1) is 6.92 Å². The van der Waals surface area contributed by atoms with Crippen LogP contribution in [0.4, 0.5) is 0 Å². The van der Waals surface area contributed by atoms with Gasteiger partial charge in [-0.2, -0.15) is 0 Å². The number of ether oxygens (including phenoxy) is 2. The second-order valence-corrected chi connectivity index (χ2v) is 8.28. The molecule has 0 fully saturated rings. The molecule has 0 aliphatic carbocycles. The summed E-state index contributed by atoms with van der Waals surface area (Å²) in [6, 6.07) is 13.3. The van der Waals surface area contributed by atoms with Crippen LogP contribution in [-0.2, 0) is 16.1 Å². The summed E-state index contributed by atoms with van der Waals surface area (Å²) in [4.78, 5) is 17.2. The maximum Gasteiger partial charge on any atom is 0.326 e. The third-order valence-electron chi connectivity index (χ3n) is 4.54. The molecule has 1 heterocycles. The molecule has 29 heavy (non-hydrogen) atoms. The Morgan fingerprint density at radius 1 is 1.24 bits per heavy atom. The smallest absolute Gasteiger partial charge is 0.326 e. The summed E-state index contributed by atoms with van der Waals surface area (Å²) in [5, 5.41) is 1.47. The molecule has 0 aliphatic heterocycles. The maximum atomic E-state index is 12.4. The zero-order valence-electron chi connectivity index (χ0n) is 16.9. The Bertz CT molecular complexity index is 972. The number of halogens is 1. The monoisotopic (exact) mass is 432 g/mol. The zero-order valence-corrected chi connectivity index (χ0v) is 18.4. The Morgan fingerprint density at radius 2 is 2.00 bits per heavy atom. The van der Waals surface area contributed by atoms with Gasteiger partial charge in [0, 0.05) is 10.8 Å². The van der Waals surface area contributed by atoms with E-state index in [1.165, 1.54) is 0 Å². The first-order valence-corrected chi connectivity index (χ1v) is 11.0. The van der Waals surface area contributed by atoms with E-state index in [9.17, 15) is 4.79 Å². The van der Waals surface area contributed by atoms with Crippen LogP contribution in [0.2, 0.25) is 5.02 Å². The van der Waals surface area contributed by atoms with Gasteiger partial charge in [-0.3, -0.25) is 4.79 Å². The van der Waals surface area contributed by atoms with Crippen LogP contribution in [0.5, 0.6) is 5.75 Å². The first kappa shape index (κ1) is 21.5. The second-order valence-electron chi connectivity index (χ2n) is 6.78. The Hall–Kier alpha value is -2.18. The van der Waals surface area contributed by atoms with E-state index in [0.29, 0.717) is 17.4 Å². The van der Waals surface area contributed by atoms with Crippen LogP contribution in [0.1, 0.15) is 25.8 Å². The van der Waals surface area contributed by atoms with Gasteiger partial charge < -0.3 is 14.0 Å². The van der Waals surface area contributed by atoms with Gasteiger partial charge in [-0.15, -0.1) is 0 Å². The van der Waals surface area contributed by atoms with Gasteiger partial charge in [0.1, 0.15) is 12.3 Å². The van der Waals surface area contributed by atoms with Crippen LogP contribution < -0.4 is 4.74 Å². The number of aromatic nitrogens is 2. The van der Waals surface area contributed by atoms with Gasteiger partial charge in [0.25, 0.3) is 0 Å². The van der Waals surface area contributed by atoms with Crippen molar-refractivity contribution in [3.05, 3.63) is 53.1 Å². The van der Waals surface area contributed by atoms with Crippen molar-refractivity contribution in [2.75, 3.05) is 12.4 Å². The average Bonchev–Trinajstić information content (AvgIpc) is 3.05. The molecule has 1 unspecified atom stereocenters. The van der Waals surface area contributed by atoms with Crippen molar-refractivity contribution in [3.8, 4) is 5.75 Å². The minimum absolute atomic E-state index is 0.0945. The van der Waals surface area contributed by atoms with Gasteiger partial charge in [-0.25, -0.2) is 4.98 Å². The lowest BCUT2D eigenvalue weighted by molar-refractivity contribution is -0.149. The molecule has 0 radical (unpaired) electrons. The first-order chi connectivity index (χ1) is 14.0. The number of aryl methyl sites for hydroxylation is 1. The molecule has 3 aromatic rings. The maximum absolute atomic E-state index is 12.4. The van der Waals surface area contributed by atoms with Crippen molar-refractivity contribution in [2.24, 2.45) is 0 Å². The number of hydrogen-bond acceptors (Lipinski definition) is 5. The Morgan fingerprint density at radius 3 is 2.72 bits per heavy atom. The summed E-state index contributed by atoms with van der Waals surface area (Å²) in [6.45, 7) is 6.58. The highest BCUT2D eigenvalue weighted by Crippen LogP contribution is 2.26. The number of nitrogens with zero attached hydrogens (tertiary/aromatic N) is 2. The minimum atomic E-state index is -0.251. The van der Waals surface area contributed by atoms with Crippen molar-refractivity contribution < 1.29 is 14.3 Å². The van der Waals surface area contributed by atoms with E-state index in [1.807, 2.05) is 55.7 Å². The number of para-hydroxylation sites is 1. The Balaban J connectivity index is 1.71. The van der Waals surface area contributed by atoms with Gasteiger partial charge in [-0.05, 0) is 56.2 Å². The molecule has 0 saturated carbocycles. The number of hydrogen-bond donors (Lipinski definition) is 0. The molecule has 2 aromatic carbocycles. The van der Waals surface area contributed by atoms with E-state index in [2.05, 4.69) is 0 Å². The quantitative estimate of drug-likeness (QED) is 0.253. The highest BCUT2D eigenvalue weighted by molar-refractivity contribution is 7.99. The number of esters is 1. The normalized spacial score (nSPS) is 12.1. The second kappa shape index (κ2) is 10.0. The van der Waals surface area contributed by atoms with Gasteiger partial charge >= 0.3 is 5.97 Å². The number of carbonyl (C=O) groups excluding carboxylic acids is 1. The van der Waals surface area contributed by atoms with E-state index >= 15 is 0 Å². The highest BCUT2D eigenvalue weighted by Gasteiger charge is 2.17. The van der Waals surface area contributed by atoms with Gasteiger partial charge in [0.05, 0.1) is 23.7 Å². The molecule has 3 rings (SSSR count). The van der Waals surface area contributed by atoms with Crippen molar-refractivity contribution in [3.63, 3.8) is 0 Å². The minimum Gasteiger partial charge on any atom is -0.493 e. The highest BCUT2D eigenvalue weighted by atomic mass is 35.5. The largest absolute Gasteiger partial charge is 0.493 e. The summed E-state index contributed by atoms with van der Waals surface area (Å²) in [6.07, 6.45) is 0.696. The fraction of sp³-hybridized carbons (Fsp3) is 0.364. The SMILES string of the molecule is CCC(C)OC(=O)Cn1c(SCCOc2ccc(Cl)cc2)nc2c(C)cccc21. The van der Waals surface area contributed by atoms with Crippen molar-refractivity contribution >= 4 is 40.4 Å². The first-order valence-electron chi connectivity index (χ1n) is 9.64. The summed E-state index contributed by atoms with van der Waals surface area (Å²) in [5.74, 6) is 1.22. The predicted molar refractivity (Wildman–Crippen MR) is 118 cm³/mol. The van der Waals surface area contributed by atoms with Crippen LogP contribution in [0.15, 0.2) is 47.6 Å². The average molecular weight is 433 g/mol. The van der Waals surface area contributed by atoms with Gasteiger partial charge in [0.2, 0.25) is 0 Å². The number of fused-ring (bicyclic) bond motifs is 1. The summed E-state index contributed by atoms with van der Waals surface area (Å²) >= 11 is 7.46.